The molecule has 1 aliphatic carbocycles. The van der Waals surface area contributed by atoms with Crippen molar-refractivity contribution in [1.29, 1.82) is 0 Å². The normalized spacial score (nSPS) is 16.5. The maximum absolute atomic E-state index is 14.0. The van der Waals surface area contributed by atoms with Crippen molar-refractivity contribution in [1.82, 2.24) is 4.57 Å². The van der Waals surface area contributed by atoms with E-state index in [2.05, 4.69) is 52.1 Å². The third kappa shape index (κ3) is 7.67. The fraction of sp³-hybridized carbons (Fsp3) is 0.484. The van der Waals surface area contributed by atoms with E-state index in [1.807, 2.05) is 0 Å². The summed E-state index contributed by atoms with van der Waals surface area (Å²) in [6.45, 7) is 11.2. The standard InChI is InChI=1S/C31H41FN2O4/c1-21(2)10-8-11-22(3)14-15-23-18-24-27(20-31(23,4)5)34(16-9-17-35)29(36)19-28(24)38-30(37)33-26-13-7-6-12-25(26)32/h6-7,10,12-14,19,23,35H,8-9,11,15-18,20H2,1-5H3,(H,33,37)/b22-14+. The van der Waals surface area contributed by atoms with Gasteiger partial charge in [0.05, 0.1) is 5.69 Å². The third-order valence-corrected chi connectivity index (χ3v) is 7.37. The molecule has 0 radical (unpaired) electrons. The van der Waals surface area contributed by atoms with Gasteiger partial charge in [0, 0.05) is 30.5 Å². The predicted molar refractivity (Wildman–Crippen MR) is 150 cm³/mol. The number of aliphatic hydroxyl groups is 1. The number of hydrogen-bond donors (Lipinski definition) is 2. The first-order valence-corrected chi connectivity index (χ1v) is 13.4. The summed E-state index contributed by atoms with van der Waals surface area (Å²) in [6, 6.07) is 7.19. The highest BCUT2D eigenvalue weighted by molar-refractivity contribution is 5.86. The van der Waals surface area contributed by atoms with Gasteiger partial charge in [-0.15, -0.1) is 0 Å². The Morgan fingerprint density at radius 3 is 2.66 bits per heavy atom. The number of anilines is 1. The molecule has 0 aliphatic heterocycles. The molecule has 1 unspecified atom stereocenters. The molecule has 206 valence electrons. The molecular formula is C31H41FN2O4. The predicted octanol–water partition coefficient (Wildman–Crippen LogP) is 6.80. The van der Waals surface area contributed by atoms with E-state index in [9.17, 15) is 19.1 Å². The van der Waals surface area contributed by atoms with Gasteiger partial charge in [-0.05, 0) is 82.8 Å². The number of carbonyl (C=O) groups excluding carboxylic acids is 1. The molecular weight excluding hydrogens is 483 g/mol. The molecule has 0 spiro atoms. The van der Waals surface area contributed by atoms with E-state index >= 15 is 0 Å². The van der Waals surface area contributed by atoms with Crippen LogP contribution in [0.1, 0.15) is 71.6 Å². The zero-order chi connectivity index (χ0) is 27.9. The molecule has 3 rings (SSSR count). The van der Waals surface area contributed by atoms with Crippen molar-refractivity contribution in [3.63, 3.8) is 0 Å². The van der Waals surface area contributed by atoms with Gasteiger partial charge in [0.1, 0.15) is 11.6 Å². The minimum absolute atomic E-state index is 0.00962. The van der Waals surface area contributed by atoms with Crippen LogP contribution in [0.3, 0.4) is 0 Å². The van der Waals surface area contributed by atoms with E-state index in [4.69, 9.17) is 4.74 Å². The number of para-hydroxylation sites is 1. The van der Waals surface area contributed by atoms with Crippen LogP contribution in [0.2, 0.25) is 0 Å². The van der Waals surface area contributed by atoms with Crippen molar-refractivity contribution >= 4 is 11.8 Å². The number of hydrogen-bond acceptors (Lipinski definition) is 4. The lowest BCUT2D eigenvalue weighted by atomic mass is 9.66. The number of fused-ring (bicyclic) bond motifs is 1. The van der Waals surface area contributed by atoms with Crippen LogP contribution in [-0.4, -0.2) is 22.4 Å². The van der Waals surface area contributed by atoms with Crippen molar-refractivity contribution in [2.24, 2.45) is 11.3 Å². The van der Waals surface area contributed by atoms with Crippen molar-refractivity contribution < 1.29 is 19.0 Å². The van der Waals surface area contributed by atoms with E-state index in [0.29, 0.717) is 25.8 Å². The van der Waals surface area contributed by atoms with E-state index in [1.54, 1.807) is 10.6 Å². The second kappa shape index (κ2) is 13.1. The lowest BCUT2D eigenvalue weighted by Gasteiger charge is -2.41. The first kappa shape index (κ1) is 29.4. The highest BCUT2D eigenvalue weighted by atomic mass is 19.1. The summed E-state index contributed by atoms with van der Waals surface area (Å²) in [5.74, 6) is -0.0857. The van der Waals surface area contributed by atoms with Crippen LogP contribution in [0.4, 0.5) is 14.9 Å². The van der Waals surface area contributed by atoms with Crippen LogP contribution in [0, 0.1) is 17.2 Å². The number of benzene rings is 1. The zero-order valence-electron chi connectivity index (χ0n) is 23.3. The maximum atomic E-state index is 14.0. The van der Waals surface area contributed by atoms with Crippen LogP contribution < -0.4 is 15.6 Å². The molecule has 0 saturated carbocycles. The highest BCUT2D eigenvalue weighted by Crippen LogP contribution is 2.44. The average molecular weight is 525 g/mol. The first-order valence-electron chi connectivity index (χ1n) is 13.4. The van der Waals surface area contributed by atoms with Crippen LogP contribution in [0.15, 0.2) is 58.4 Å². The Labute approximate surface area is 225 Å². The maximum Gasteiger partial charge on any atom is 0.417 e. The molecule has 0 bridgehead atoms. The van der Waals surface area contributed by atoms with Gasteiger partial charge < -0.3 is 14.4 Å². The largest absolute Gasteiger partial charge is 0.417 e. The quantitative estimate of drug-likeness (QED) is 0.335. The Kier molecular flexibility index (Phi) is 10.1. The Balaban J connectivity index is 1.90. The molecule has 2 N–H and O–H groups in total. The molecule has 38 heavy (non-hydrogen) atoms. The summed E-state index contributed by atoms with van der Waals surface area (Å²) in [6.07, 6.45) is 8.37. The van der Waals surface area contributed by atoms with Crippen LogP contribution in [-0.2, 0) is 19.4 Å². The number of allylic oxidation sites excluding steroid dienone is 4. The fourth-order valence-electron chi connectivity index (χ4n) is 5.03. The molecule has 1 heterocycles. The molecule has 7 heteroatoms. The van der Waals surface area contributed by atoms with Crippen LogP contribution in [0.25, 0.3) is 0 Å². The number of amides is 1. The lowest BCUT2D eigenvalue weighted by Crippen LogP contribution is -2.38. The summed E-state index contributed by atoms with van der Waals surface area (Å²) in [5, 5.41) is 11.8. The number of ether oxygens (including phenoxy) is 1. The van der Waals surface area contributed by atoms with E-state index in [-0.39, 0.29) is 34.9 Å². The molecule has 1 aliphatic rings. The van der Waals surface area contributed by atoms with E-state index < -0.39 is 11.9 Å². The molecule has 1 aromatic carbocycles. The molecule has 0 saturated heterocycles. The fourth-order valence-corrected chi connectivity index (χ4v) is 5.03. The smallest absolute Gasteiger partial charge is 0.410 e. The monoisotopic (exact) mass is 524 g/mol. The summed E-state index contributed by atoms with van der Waals surface area (Å²) in [4.78, 5) is 25.8. The van der Waals surface area contributed by atoms with E-state index in [1.165, 1.54) is 35.4 Å². The van der Waals surface area contributed by atoms with Gasteiger partial charge in [0.15, 0.2) is 0 Å². The van der Waals surface area contributed by atoms with Crippen LogP contribution >= 0.6 is 0 Å². The minimum atomic E-state index is -0.846. The Morgan fingerprint density at radius 2 is 1.97 bits per heavy atom. The van der Waals surface area contributed by atoms with E-state index in [0.717, 1.165) is 30.5 Å². The van der Waals surface area contributed by atoms with Crippen molar-refractivity contribution in [2.45, 2.75) is 79.7 Å². The number of aliphatic hydroxyl groups excluding tert-OH is 1. The van der Waals surface area contributed by atoms with Gasteiger partial charge in [-0.25, -0.2) is 9.18 Å². The van der Waals surface area contributed by atoms with Crippen molar-refractivity contribution in [3.05, 3.63) is 81.1 Å². The Bertz CT molecular complexity index is 1260. The number of pyridine rings is 1. The first-order chi connectivity index (χ1) is 18.0. The Morgan fingerprint density at radius 1 is 1.24 bits per heavy atom. The van der Waals surface area contributed by atoms with Crippen molar-refractivity contribution in [2.75, 3.05) is 11.9 Å². The topological polar surface area (TPSA) is 80.6 Å². The van der Waals surface area contributed by atoms with Crippen LogP contribution in [0.5, 0.6) is 5.75 Å². The average Bonchev–Trinajstić information content (AvgIpc) is 2.83. The van der Waals surface area contributed by atoms with Gasteiger partial charge in [0.2, 0.25) is 0 Å². The zero-order valence-corrected chi connectivity index (χ0v) is 23.3. The second-order valence-corrected chi connectivity index (χ2v) is 11.2. The summed E-state index contributed by atoms with van der Waals surface area (Å²) < 4.78 is 21.4. The number of halogens is 1. The molecule has 1 amide bonds. The van der Waals surface area contributed by atoms with Crippen molar-refractivity contribution in [3.8, 4) is 5.75 Å². The molecule has 0 fully saturated rings. The SMILES string of the molecule is CC(C)=CCC/C(C)=C/CC1Cc2c(OC(=O)Nc3ccccc3F)cc(=O)n(CCCO)c2CC1(C)C. The van der Waals surface area contributed by atoms with Gasteiger partial charge in [-0.3, -0.25) is 10.1 Å². The minimum Gasteiger partial charge on any atom is -0.410 e. The van der Waals surface area contributed by atoms with Gasteiger partial charge in [-0.1, -0.05) is 49.3 Å². The number of nitrogens with one attached hydrogen (secondary N) is 1. The second-order valence-electron chi connectivity index (χ2n) is 11.2. The molecule has 6 nitrogen and oxygen atoms in total. The van der Waals surface area contributed by atoms with Gasteiger partial charge >= 0.3 is 6.09 Å². The number of rotatable bonds is 10. The number of carbonyl (C=O) groups is 1. The number of aromatic nitrogens is 1. The summed E-state index contributed by atoms with van der Waals surface area (Å²) in [5.41, 5.74) is 3.96. The molecule has 1 atom stereocenters. The summed E-state index contributed by atoms with van der Waals surface area (Å²) >= 11 is 0. The summed E-state index contributed by atoms with van der Waals surface area (Å²) in [7, 11) is 0. The highest BCUT2D eigenvalue weighted by Gasteiger charge is 2.38. The molecule has 2 aromatic rings. The van der Waals surface area contributed by atoms with Gasteiger partial charge in [-0.2, -0.15) is 0 Å². The third-order valence-electron chi connectivity index (χ3n) is 7.37. The van der Waals surface area contributed by atoms with Gasteiger partial charge in [0.25, 0.3) is 5.56 Å². The number of nitrogens with zero attached hydrogens (tertiary/aromatic N) is 1. The Hall–Kier alpha value is -3.19. The lowest BCUT2D eigenvalue weighted by molar-refractivity contribution is 0.182. The molecule has 1 aromatic heterocycles.